The highest BCUT2D eigenvalue weighted by molar-refractivity contribution is 5.31. The summed E-state index contributed by atoms with van der Waals surface area (Å²) < 4.78 is 1.64. The molecule has 0 aliphatic heterocycles. The van der Waals surface area contributed by atoms with Crippen LogP contribution in [0.15, 0.2) is 29.7 Å². The normalized spacial score (nSPS) is 10.8. The Morgan fingerprint density at radius 3 is 3.00 bits per heavy atom. The summed E-state index contributed by atoms with van der Waals surface area (Å²) in [5, 5.41) is 2.99. The van der Waals surface area contributed by atoms with Gasteiger partial charge in [0.2, 0.25) is 0 Å². The molecule has 0 aliphatic rings. The monoisotopic (exact) mass is 233 g/mol. The van der Waals surface area contributed by atoms with Gasteiger partial charge >= 0.3 is 0 Å². The van der Waals surface area contributed by atoms with Gasteiger partial charge in [-0.15, -0.1) is 0 Å². The van der Waals surface area contributed by atoms with Gasteiger partial charge in [0.05, 0.1) is 18.6 Å². The van der Waals surface area contributed by atoms with Crippen LogP contribution in [0.1, 0.15) is 25.6 Å². The summed E-state index contributed by atoms with van der Waals surface area (Å²) in [5.74, 6) is 0.357. The highest BCUT2D eigenvalue weighted by atomic mass is 16.1. The van der Waals surface area contributed by atoms with E-state index in [9.17, 15) is 4.79 Å². The molecule has 0 aliphatic carbocycles. The standard InChI is InChI=1S/C11H15N5O/c1-8(2)16-4-3-13-10(11(16)17)14-6-9-5-12-7-15-9/h3-5,7-8H,6H2,1-2H3,(H,12,15)(H,13,14). The van der Waals surface area contributed by atoms with E-state index in [1.807, 2.05) is 13.8 Å². The minimum absolute atomic E-state index is 0.109. The van der Waals surface area contributed by atoms with Crippen molar-refractivity contribution >= 4 is 5.82 Å². The molecular formula is C11H15N5O. The van der Waals surface area contributed by atoms with Crippen LogP contribution in [0.2, 0.25) is 0 Å². The fraction of sp³-hybridized carbons (Fsp3) is 0.364. The summed E-state index contributed by atoms with van der Waals surface area (Å²) in [5.41, 5.74) is 0.799. The van der Waals surface area contributed by atoms with Crippen molar-refractivity contribution in [3.05, 3.63) is 41.0 Å². The van der Waals surface area contributed by atoms with E-state index in [2.05, 4.69) is 20.3 Å². The third kappa shape index (κ3) is 2.52. The number of rotatable bonds is 4. The second-order valence-corrected chi connectivity index (χ2v) is 4.01. The van der Waals surface area contributed by atoms with Gasteiger partial charge in [-0.05, 0) is 13.8 Å². The Balaban J connectivity index is 2.16. The molecule has 6 heteroatoms. The lowest BCUT2D eigenvalue weighted by atomic mass is 10.4. The van der Waals surface area contributed by atoms with Gasteiger partial charge in [0, 0.05) is 24.6 Å². The van der Waals surface area contributed by atoms with Crippen molar-refractivity contribution < 1.29 is 0 Å². The van der Waals surface area contributed by atoms with Gasteiger partial charge in [0.1, 0.15) is 0 Å². The molecule has 0 bridgehead atoms. The van der Waals surface area contributed by atoms with Gasteiger partial charge in [-0.25, -0.2) is 9.97 Å². The molecule has 0 aromatic carbocycles. The Morgan fingerprint density at radius 2 is 2.35 bits per heavy atom. The van der Waals surface area contributed by atoms with Gasteiger partial charge in [-0.1, -0.05) is 0 Å². The maximum Gasteiger partial charge on any atom is 0.293 e. The van der Waals surface area contributed by atoms with Crippen molar-refractivity contribution in [1.29, 1.82) is 0 Å². The zero-order chi connectivity index (χ0) is 12.3. The third-order valence-corrected chi connectivity index (χ3v) is 2.43. The highest BCUT2D eigenvalue weighted by Gasteiger charge is 2.06. The van der Waals surface area contributed by atoms with Gasteiger partial charge < -0.3 is 14.9 Å². The molecule has 0 amide bonds. The van der Waals surface area contributed by atoms with Crippen molar-refractivity contribution in [2.75, 3.05) is 5.32 Å². The van der Waals surface area contributed by atoms with E-state index < -0.39 is 0 Å². The molecule has 90 valence electrons. The molecule has 2 aromatic heterocycles. The molecule has 2 rings (SSSR count). The first-order valence-electron chi connectivity index (χ1n) is 5.46. The van der Waals surface area contributed by atoms with Crippen LogP contribution in [0.25, 0.3) is 0 Å². The Kier molecular flexibility index (Phi) is 3.22. The number of hydrogen-bond donors (Lipinski definition) is 2. The van der Waals surface area contributed by atoms with Gasteiger partial charge in [-0.3, -0.25) is 4.79 Å². The molecule has 0 radical (unpaired) electrons. The molecule has 0 atom stereocenters. The van der Waals surface area contributed by atoms with Crippen molar-refractivity contribution in [1.82, 2.24) is 19.5 Å². The van der Waals surface area contributed by atoms with Crippen LogP contribution in [-0.4, -0.2) is 19.5 Å². The van der Waals surface area contributed by atoms with Gasteiger partial charge in [0.15, 0.2) is 5.82 Å². The fourth-order valence-electron chi connectivity index (χ4n) is 1.51. The van der Waals surface area contributed by atoms with Crippen molar-refractivity contribution in [2.45, 2.75) is 26.4 Å². The SMILES string of the molecule is CC(C)n1ccnc(NCc2cnc[nH]2)c1=O. The van der Waals surface area contributed by atoms with Crippen molar-refractivity contribution in [3.63, 3.8) is 0 Å². The summed E-state index contributed by atoms with van der Waals surface area (Å²) in [6, 6.07) is 0.123. The van der Waals surface area contributed by atoms with Crippen molar-refractivity contribution in [2.24, 2.45) is 0 Å². The van der Waals surface area contributed by atoms with Crippen LogP contribution in [0.3, 0.4) is 0 Å². The lowest BCUT2D eigenvalue weighted by molar-refractivity contribution is 0.575. The molecule has 2 aromatic rings. The van der Waals surface area contributed by atoms with E-state index in [1.54, 1.807) is 29.5 Å². The summed E-state index contributed by atoms with van der Waals surface area (Å²) in [7, 11) is 0. The predicted molar refractivity (Wildman–Crippen MR) is 64.8 cm³/mol. The first-order valence-corrected chi connectivity index (χ1v) is 5.46. The zero-order valence-electron chi connectivity index (χ0n) is 9.84. The Labute approximate surface area is 98.7 Å². The van der Waals surface area contributed by atoms with Crippen LogP contribution in [0, 0.1) is 0 Å². The topological polar surface area (TPSA) is 75.6 Å². The predicted octanol–water partition coefficient (Wildman–Crippen LogP) is 1.16. The van der Waals surface area contributed by atoms with Gasteiger partial charge in [0.25, 0.3) is 5.56 Å². The number of hydrogen-bond acceptors (Lipinski definition) is 4. The molecule has 17 heavy (non-hydrogen) atoms. The molecule has 0 saturated carbocycles. The smallest absolute Gasteiger partial charge is 0.293 e. The van der Waals surface area contributed by atoms with Crippen LogP contribution in [0.5, 0.6) is 0 Å². The minimum atomic E-state index is -0.109. The maximum absolute atomic E-state index is 12.0. The van der Waals surface area contributed by atoms with Crippen LogP contribution < -0.4 is 10.9 Å². The average Bonchev–Trinajstić information content (AvgIpc) is 2.80. The first kappa shape index (κ1) is 11.4. The Bertz CT molecular complexity index is 529. The third-order valence-electron chi connectivity index (χ3n) is 2.43. The molecule has 0 saturated heterocycles. The lowest BCUT2D eigenvalue weighted by Crippen LogP contribution is -2.25. The summed E-state index contributed by atoms with van der Waals surface area (Å²) in [6.45, 7) is 4.42. The quantitative estimate of drug-likeness (QED) is 0.830. The van der Waals surface area contributed by atoms with Gasteiger partial charge in [-0.2, -0.15) is 0 Å². The molecular weight excluding hydrogens is 218 g/mol. The van der Waals surface area contributed by atoms with E-state index in [-0.39, 0.29) is 11.6 Å². The number of imidazole rings is 1. The van der Waals surface area contributed by atoms with Crippen LogP contribution in [0.4, 0.5) is 5.82 Å². The summed E-state index contributed by atoms with van der Waals surface area (Å²) in [6.07, 6.45) is 6.61. The molecule has 6 nitrogen and oxygen atoms in total. The number of aromatic amines is 1. The van der Waals surface area contributed by atoms with Crippen molar-refractivity contribution in [3.8, 4) is 0 Å². The Hall–Kier alpha value is -2.11. The number of anilines is 1. The van der Waals surface area contributed by atoms with Crippen LogP contribution in [-0.2, 0) is 6.54 Å². The van der Waals surface area contributed by atoms with E-state index in [4.69, 9.17) is 0 Å². The van der Waals surface area contributed by atoms with E-state index >= 15 is 0 Å². The largest absolute Gasteiger partial charge is 0.360 e. The zero-order valence-corrected chi connectivity index (χ0v) is 9.84. The van der Waals surface area contributed by atoms with E-state index in [1.165, 1.54) is 0 Å². The molecule has 2 heterocycles. The molecule has 0 unspecified atom stereocenters. The number of nitrogens with one attached hydrogen (secondary N) is 2. The summed E-state index contributed by atoms with van der Waals surface area (Å²) >= 11 is 0. The molecule has 2 N–H and O–H groups in total. The Morgan fingerprint density at radius 1 is 1.53 bits per heavy atom. The highest BCUT2D eigenvalue weighted by Crippen LogP contribution is 2.02. The fourth-order valence-corrected chi connectivity index (χ4v) is 1.51. The summed E-state index contributed by atoms with van der Waals surface area (Å²) in [4.78, 5) is 22.9. The van der Waals surface area contributed by atoms with E-state index in [0.29, 0.717) is 12.4 Å². The maximum atomic E-state index is 12.0. The van der Waals surface area contributed by atoms with Crippen LogP contribution >= 0.6 is 0 Å². The molecule has 0 fully saturated rings. The minimum Gasteiger partial charge on any atom is -0.360 e. The second-order valence-electron chi connectivity index (χ2n) is 4.01. The molecule has 0 spiro atoms. The van der Waals surface area contributed by atoms with E-state index in [0.717, 1.165) is 5.69 Å². The first-order chi connectivity index (χ1) is 8.18. The second kappa shape index (κ2) is 4.82. The average molecular weight is 233 g/mol. The number of H-pyrrole nitrogens is 1. The number of aromatic nitrogens is 4. The lowest BCUT2D eigenvalue weighted by Gasteiger charge is -2.11. The number of nitrogens with zero attached hydrogens (tertiary/aromatic N) is 3.